The van der Waals surface area contributed by atoms with E-state index < -0.39 is 17.5 Å². The summed E-state index contributed by atoms with van der Waals surface area (Å²) in [5.41, 5.74) is 0.00505. The van der Waals surface area contributed by atoms with Crippen molar-refractivity contribution in [1.82, 2.24) is 15.5 Å². The Kier molecular flexibility index (Phi) is 5.89. The molecule has 1 unspecified atom stereocenters. The molecule has 1 aromatic carbocycles. The Morgan fingerprint density at radius 1 is 1.24 bits per heavy atom. The van der Waals surface area contributed by atoms with Crippen LogP contribution < -0.4 is 10.6 Å². The minimum Gasteiger partial charge on any atom is -0.338 e. The molecule has 1 fully saturated rings. The molecule has 0 spiro atoms. The molecule has 2 N–H and O–H groups in total. The van der Waals surface area contributed by atoms with Gasteiger partial charge in [-0.1, -0.05) is 61.2 Å². The number of imide groups is 1. The van der Waals surface area contributed by atoms with Crippen LogP contribution in [0, 0.1) is 0 Å². The molecule has 6 heteroatoms. The Bertz CT molecular complexity index is 725. The first-order chi connectivity index (χ1) is 12.0. The zero-order valence-electron chi connectivity index (χ0n) is 14.1. The Balaban J connectivity index is 2.24. The summed E-state index contributed by atoms with van der Waals surface area (Å²) in [5.74, 6) is -0.481. The van der Waals surface area contributed by atoms with Crippen LogP contribution in [0.5, 0.6) is 0 Å². The average Bonchev–Trinajstić information content (AvgIpc) is 2.89. The minimum atomic E-state index is -1.31. The number of urea groups is 1. The molecule has 0 bridgehead atoms. The van der Waals surface area contributed by atoms with Gasteiger partial charge in [-0.25, -0.2) is 4.79 Å². The highest BCUT2D eigenvalue weighted by Crippen LogP contribution is 2.26. The van der Waals surface area contributed by atoms with Crippen molar-refractivity contribution in [3.63, 3.8) is 0 Å². The van der Waals surface area contributed by atoms with Crippen LogP contribution in [0.1, 0.15) is 12.5 Å². The topological polar surface area (TPSA) is 78.5 Å². The zero-order valence-corrected chi connectivity index (χ0v) is 14.1. The van der Waals surface area contributed by atoms with Gasteiger partial charge < -0.3 is 10.2 Å². The lowest BCUT2D eigenvalue weighted by Crippen LogP contribution is -2.52. The van der Waals surface area contributed by atoms with E-state index in [4.69, 9.17) is 0 Å². The second-order valence-corrected chi connectivity index (χ2v) is 5.73. The second kappa shape index (κ2) is 8.10. The molecule has 0 aliphatic carbocycles. The number of allylic oxidation sites excluding steroid dienone is 3. The zero-order chi connectivity index (χ0) is 18.3. The van der Waals surface area contributed by atoms with Gasteiger partial charge in [0.15, 0.2) is 5.54 Å². The molecule has 1 heterocycles. The summed E-state index contributed by atoms with van der Waals surface area (Å²) in [6, 6.07) is 8.28. The third-order valence-electron chi connectivity index (χ3n) is 3.84. The molecule has 0 saturated carbocycles. The molecule has 1 aliphatic heterocycles. The van der Waals surface area contributed by atoms with Crippen molar-refractivity contribution in [2.75, 3.05) is 13.1 Å². The van der Waals surface area contributed by atoms with Crippen LogP contribution in [0.4, 0.5) is 4.79 Å². The maximum Gasteiger partial charge on any atom is 0.322 e. The third-order valence-corrected chi connectivity index (χ3v) is 3.84. The molecule has 25 heavy (non-hydrogen) atoms. The number of nitrogens with zero attached hydrogens (tertiary/aromatic N) is 1. The van der Waals surface area contributed by atoms with Crippen LogP contribution in [0.25, 0.3) is 0 Å². The van der Waals surface area contributed by atoms with Gasteiger partial charge in [-0.05, 0) is 18.1 Å². The Morgan fingerprint density at radius 2 is 1.96 bits per heavy atom. The highest BCUT2D eigenvalue weighted by Gasteiger charge is 2.48. The number of benzene rings is 1. The van der Waals surface area contributed by atoms with Crippen molar-refractivity contribution >= 4 is 18.3 Å². The predicted molar refractivity (Wildman–Crippen MR) is 95.5 cm³/mol. The van der Waals surface area contributed by atoms with E-state index >= 15 is 0 Å². The first-order valence-electron chi connectivity index (χ1n) is 7.87. The fourth-order valence-electron chi connectivity index (χ4n) is 2.67. The summed E-state index contributed by atoms with van der Waals surface area (Å²) < 4.78 is 0. The number of amides is 4. The normalized spacial score (nSPS) is 19.9. The van der Waals surface area contributed by atoms with Crippen molar-refractivity contribution < 1.29 is 14.4 Å². The van der Waals surface area contributed by atoms with Gasteiger partial charge in [-0.3, -0.25) is 14.9 Å². The second-order valence-electron chi connectivity index (χ2n) is 5.73. The minimum absolute atomic E-state index is 0.00850. The number of carbonyl (C=O) groups excluding carboxylic acids is 3. The van der Waals surface area contributed by atoms with E-state index in [0.29, 0.717) is 17.5 Å². The molecule has 4 amide bonds. The van der Waals surface area contributed by atoms with Crippen LogP contribution in [0.2, 0.25) is 0 Å². The van der Waals surface area contributed by atoms with Crippen LogP contribution in [-0.2, 0) is 15.1 Å². The SMILES string of the molecule is C=C(/C=C\C=C/C)CN(C=O)CC1(c2ccccc2)NC(=O)NC1=O. The number of hydrogen-bond acceptors (Lipinski definition) is 3. The predicted octanol–water partition coefficient (Wildman–Crippen LogP) is 1.87. The van der Waals surface area contributed by atoms with Crippen LogP contribution >= 0.6 is 0 Å². The third kappa shape index (κ3) is 4.23. The van der Waals surface area contributed by atoms with Crippen molar-refractivity contribution in [2.45, 2.75) is 12.5 Å². The monoisotopic (exact) mass is 339 g/mol. The van der Waals surface area contributed by atoms with Crippen LogP contribution in [0.3, 0.4) is 0 Å². The standard InChI is InChI=1S/C19H21N3O3/c1-3-4-6-9-15(2)12-22(14-23)13-19(16-10-7-5-8-11-16)17(24)20-18(25)21-19/h3-11,14H,2,12-13H2,1H3,(H2,20,21,24,25)/b4-3-,9-6-. The Hall–Kier alpha value is -3.15. The van der Waals surface area contributed by atoms with Gasteiger partial charge in [0.25, 0.3) is 5.91 Å². The molecule has 2 rings (SSSR count). The summed E-state index contributed by atoms with van der Waals surface area (Å²) in [5, 5.41) is 4.92. The van der Waals surface area contributed by atoms with Crippen molar-refractivity contribution in [2.24, 2.45) is 0 Å². The highest BCUT2D eigenvalue weighted by molar-refractivity contribution is 6.07. The van der Waals surface area contributed by atoms with E-state index in [0.717, 1.165) is 0 Å². The maximum absolute atomic E-state index is 12.5. The van der Waals surface area contributed by atoms with Gasteiger partial charge in [-0.15, -0.1) is 0 Å². The maximum atomic E-state index is 12.5. The molecule has 1 aromatic rings. The van der Waals surface area contributed by atoms with Gasteiger partial charge in [-0.2, -0.15) is 0 Å². The lowest BCUT2D eigenvalue weighted by atomic mass is 9.89. The van der Waals surface area contributed by atoms with E-state index in [9.17, 15) is 14.4 Å². The van der Waals surface area contributed by atoms with Gasteiger partial charge in [0.1, 0.15) is 0 Å². The molecular formula is C19H21N3O3. The molecule has 6 nitrogen and oxygen atoms in total. The number of nitrogens with one attached hydrogen (secondary N) is 2. The fraction of sp³-hybridized carbons (Fsp3) is 0.211. The van der Waals surface area contributed by atoms with Gasteiger partial charge in [0.2, 0.25) is 6.41 Å². The summed E-state index contributed by atoms with van der Waals surface area (Å²) in [6.07, 6.45) is 8.00. The quantitative estimate of drug-likeness (QED) is 0.431. The Labute approximate surface area is 146 Å². The largest absolute Gasteiger partial charge is 0.338 e. The van der Waals surface area contributed by atoms with Crippen LogP contribution in [-0.4, -0.2) is 36.3 Å². The van der Waals surface area contributed by atoms with Crippen molar-refractivity contribution in [1.29, 1.82) is 0 Å². The fourth-order valence-corrected chi connectivity index (χ4v) is 2.67. The average molecular weight is 339 g/mol. The number of carbonyl (C=O) groups is 3. The lowest BCUT2D eigenvalue weighted by Gasteiger charge is -2.31. The van der Waals surface area contributed by atoms with E-state index in [1.807, 2.05) is 31.2 Å². The van der Waals surface area contributed by atoms with Crippen molar-refractivity contribution in [3.8, 4) is 0 Å². The Morgan fingerprint density at radius 3 is 2.52 bits per heavy atom. The number of rotatable bonds is 8. The molecule has 130 valence electrons. The molecule has 1 atom stereocenters. The van der Waals surface area contributed by atoms with Crippen molar-refractivity contribution in [3.05, 3.63) is 72.4 Å². The first-order valence-corrected chi connectivity index (χ1v) is 7.87. The molecule has 1 aliphatic rings. The molecule has 0 aromatic heterocycles. The van der Waals surface area contributed by atoms with E-state index in [2.05, 4.69) is 17.2 Å². The molecule has 0 radical (unpaired) electrons. The summed E-state index contributed by atoms with van der Waals surface area (Å²) >= 11 is 0. The van der Waals surface area contributed by atoms with E-state index in [1.54, 1.807) is 30.3 Å². The molecule has 1 saturated heterocycles. The summed E-state index contributed by atoms with van der Waals surface area (Å²) in [4.78, 5) is 37.1. The summed E-state index contributed by atoms with van der Waals surface area (Å²) in [6.45, 7) is 6.06. The van der Waals surface area contributed by atoms with E-state index in [-0.39, 0.29) is 13.1 Å². The van der Waals surface area contributed by atoms with Gasteiger partial charge in [0.05, 0.1) is 6.54 Å². The number of hydrogen-bond donors (Lipinski definition) is 2. The first kappa shape index (κ1) is 18.2. The van der Waals surface area contributed by atoms with Gasteiger partial charge >= 0.3 is 6.03 Å². The molecular weight excluding hydrogens is 318 g/mol. The smallest absolute Gasteiger partial charge is 0.322 e. The van der Waals surface area contributed by atoms with E-state index in [1.165, 1.54) is 4.90 Å². The summed E-state index contributed by atoms with van der Waals surface area (Å²) in [7, 11) is 0. The van der Waals surface area contributed by atoms with Gasteiger partial charge in [0, 0.05) is 6.54 Å². The van der Waals surface area contributed by atoms with Crippen LogP contribution in [0.15, 0.2) is 66.8 Å². The highest BCUT2D eigenvalue weighted by atomic mass is 16.2. The lowest BCUT2D eigenvalue weighted by molar-refractivity contribution is -0.126.